The highest BCUT2D eigenvalue weighted by atomic mass is 35.5. The third-order valence-electron chi connectivity index (χ3n) is 3.65. The first-order valence-corrected chi connectivity index (χ1v) is 10.9. The summed E-state index contributed by atoms with van der Waals surface area (Å²) in [6.45, 7) is 0. The minimum atomic E-state index is -4.02. The van der Waals surface area contributed by atoms with E-state index >= 15 is 0 Å². The van der Waals surface area contributed by atoms with E-state index in [-0.39, 0.29) is 30.6 Å². The average Bonchev–Trinajstić information content (AvgIpc) is 3.01. The number of para-hydroxylation sites is 1. The van der Waals surface area contributed by atoms with E-state index in [9.17, 15) is 13.2 Å². The molecule has 10 heteroatoms. The zero-order valence-corrected chi connectivity index (χ0v) is 17.5. The van der Waals surface area contributed by atoms with E-state index in [0.29, 0.717) is 5.69 Å². The molecule has 146 valence electrons. The summed E-state index contributed by atoms with van der Waals surface area (Å²) in [5, 5.41) is 2.74. The molecule has 2 aromatic carbocycles. The van der Waals surface area contributed by atoms with Crippen molar-refractivity contribution in [3.8, 4) is 5.75 Å². The van der Waals surface area contributed by atoms with Crippen LogP contribution in [0.15, 0.2) is 59.5 Å². The molecular formula is C18H14Cl2N2O4S2. The van der Waals surface area contributed by atoms with E-state index in [1.807, 2.05) is 6.07 Å². The molecule has 0 atom stereocenters. The number of carbonyl (C=O) groups is 1. The van der Waals surface area contributed by atoms with Crippen LogP contribution in [-0.4, -0.2) is 21.4 Å². The Labute approximate surface area is 176 Å². The number of hydrogen-bond acceptors (Lipinski definition) is 5. The van der Waals surface area contributed by atoms with Gasteiger partial charge in [0.25, 0.3) is 15.9 Å². The molecule has 1 amide bonds. The Morgan fingerprint density at radius 3 is 2.39 bits per heavy atom. The van der Waals surface area contributed by atoms with Crippen molar-refractivity contribution in [2.75, 3.05) is 17.1 Å². The van der Waals surface area contributed by atoms with E-state index in [1.165, 1.54) is 31.4 Å². The van der Waals surface area contributed by atoms with E-state index in [2.05, 4.69) is 10.0 Å². The van der Waals surface area contributed by atoms with Gasteiger partial charge in [0.1, 0.15) is 15.0 Å². The van der Waals surface area contributed by atoms with Crippen molar-refractivity contribution in [1.29, 1.82) is 0 Å². The first-order valence-electron chi connectivity index (χ1n) is 7.82. The van der Waals surface area contributed by atoms with Crippen LogP contribution in [0.25, 0.3) is 0 Å². The topological polar surface area (TPSA) is 84.5 Å². The minimum Gasteiger partial charge on any atom is -0.495 e. The summed E-state index contributed by atoms with van der Waals surface area (Å²) in [5.74, 6) is -0.150. The second-order valence-electron chi connectivity index (χ2n) is 5.53. The lowest BCUT2D eigenvalue weighted by molar-refractivity contribution is 0.102. The Bertz CT molecular complexity index is 1120. The number of hydrogen-bond donors (Lipinski definition) is 2. The molecule has 0 bridgehead atoms. The molecule has 0 radical (unpaired) electrons. The lowest BCUT2D eigenvalue weighted by Crippen LogP contribution is -2.15. The Hall–Kier alpha value is -2.26. The highest BCUT2D eigenvalue weighted by Gasteiger charge is 2.23. The van der Waals surface area contributed by atoms with Crippen molar-refractivity contribution < 1.29 is 17.9 Å². The third-order valence-corrected chi connectivity index (χ3v) is 6.77. The van der Waals surface area contributed by atoms with Crippen molar-refractivity contribution in [2.24, 2.45) is 0 Å². The van der Waals surface area contributed by atoms with Crippen LogP contribution >= 0.6 is 34.5 Å². The summed E-state index contributed by atoms with van der Waals surface area (Å²) in [5.41, 5.74) is 0.962. The smallest absolute Gasteiger partial charge is 0.264 e. The van der Waals surface area contributed by atoms with E-state index in [4.69, 9.17) is 27.9 Å². The Morgan fingerprint density at radius 1 is 1.07 bits per heavy atom. The predicted octanol–water partition coefficient (Wildman–Crippen LogP) is 5.12. The van der Waals surface area contributed by atoms with E-state index < -0.39 is 15.9 Å². The van der Waals surface area contributed by atoms with Gasteiger partial charge in [0, 0.05) is 11.3 Å². The molecule has 0 unspecified atom stereocenters. The molecule has 0 aliphatic rings. The number of sulfonamides is 1. The first-order chi connectivity index (χ1) is 13.3. The minimum absolute atomic E-state index is 0.0365. The zero-order valence-electron chi connectivity index (χ0n) is 14.4. The van der Waals surface area contributed by atoms with Gasteiger partial charge in [0.05, 0.1) is 17.1 Å². The molecule has 1 aromatic heterocycles. The fourth-order valence-electron chi connectivity index (χ4n) is 2.36. The Balaban J connectivity index is 1.91. The lowest BCUT2D eigenvalue weighted by Gasteiger charge is -2.13. The SMILES string of the molecule is COc1ccc(C(=O)Nc2ccccc2)cc1NS(=O)(=O)c1cc(Cl)sc1Cl. The van der Waals surface area contributed by atoms with Crippen LogP contribution in [0.5, 0.6) is 5.75 Å². The third kappa shape index (κ3) is 4.59. The van der Waals surface area contributed by atoms with Crippen molar-refractivity contribution in [1.82, 2.24) is 0 Å². The highest BCUT2D eigenvalue weighted by Crippen LogP contribution is 2.36. The van der Waals surface area contributed by atoms with Crippen LogP contribution < -0.4 is 14.8 Å². The summed E-state index contributed by atoms with van der Waals surface area (Å²) < 4.78 is 33.2. The van der Waals surface area contributed by atoms with Gasteiger partial charge in [-0.3, -0.25) is 9.52 Å². The number of methoxy groups -OCH3 is 1. The molecule has 0 saturated carbocycles. The molecule has 2 N–H and O–H groups in total. The zero-order chi connectivity index (χ0) is 20.3. The quantitative estimate of drug-likeness (QED) is 0.539. The molecule has 0 fully saturated rings. The average molecular weight is 457 g/mol. The molecular weight excluding hydrogens is 443 g/mol. The van der Waals surface area contributed by atoms with E-state index in [1.54, 1.807) is 24.3 Å². The number of ether oxygens (including phenoxy) is 1. The largest absolute Gasteiger partial charge is 0.495 e. The van der Waals surface area contributed by atoms with Gasteiger partial charge in [-0.15, -0.1) is 11.3 Å². The summed E-state index contributed by atoms with van der Waals surface area (Å²) in [7, 11) is -2.63. The van der Waals surface area contributed by atoms with Crippen molar-refractivity contribution in [3.63, 3.8) is 0 Å². The van der Waals surface area contributed by atoms with Gasteiger partial charge < -0.3 is 10.1 Å². The van der Waals surface area contributed by atoms with Crippen LogP contribution in [0, 0.1) is 0 Å². The van der Waals surface area contributed by atoms with Gasteiger partial charge in [-0.2, -0.15) is 0 Å². The second kappa shape index (κ2) is 8.40. The Kier molecular flexibility index (Phi) is 6.14. The van der Waals surface area contributed by atoms with Crippen LogP contribution in [-0.2, 0) is 10.0 Å². The van der Waals surface area contributed by atoms with Gasteiger partial charge in [-0.25, -0.2) is 8.42 Å². The van der Waals surface area contributed by atoms with Crippen molar-refractivity contribution in [3.05, 3.63) is 68.8 Å². The van der Waals surface area contributed by atoms with E-state index in [0.717, 1.165) is 11.3 Å². The summed E-state index contributed by atoms with van der Waals surface area (Å²) >= 11 is 12.7. The molecule has 0 aliphatic heterocycles. The van der Waals surface area contributed by atoms with Crippen LogP contribution in [0.2, 0.25) is 8.67 Å². The number of halogens is 2. The maximum Gasteiger partial charge on any atom is 0.264 e. The molecule has 0 saturated heterocycles. The Morgan fingerprint density at radius 2 is 1.79 bits per heavy atom. The summed E-state index contributed by atoms with van der Waals surface area (Å²) in [6, 6.07) is 14.6. The maximum absolute atomic E-state index is 12.7. The van der Waals surface area contributed by atoms with Crippen LogP contribution in [0.3, 0.4) is 0 Å². The van der Waals surface area contributed by atoms with Crippen LogP contribution in [0.4, 0.5) is 11.4 Å². The molecule has 6 nitrogen and oxygen atoms in total. The highest BCUT2D eigenvalue weighted by molar-refractivity contribution is 7.93. The van der Waals surface area contributed by atoms with Gasteiger partial charge in [0.2, 0.25) is 0 Å². The standard InChI is InChI=1S/C18H14Cl2N2O4S2/c1-26-14-8-7-11(18(23)21-12-5-3-2-4-6-12)9-13(14)22-28(24,25)15-10-16(19)27-17(15)20/h2-10,22H,1H3,(H,21,23). The molecule has 3 aromatic rings. The van der Waals surface area contributed by atoms with Gasteiger partial charge in [-0.05, 0) is 36.4 Å². The van der Waals surface area contributed by atoms with Crippen molar-refractivity contribution >= 4 is 61.8 Å². The number of thiophene rings is 1. The van der Waals surface area contributed by atoms with Crippen molar-refractivity contribution in [2.45, 2.75) is 4.90 Å². The first kappa shape index (κ1) is 20.5. The molecule has 1 heterocycles. The lowest BCUT2D eigenvalue weighted by atomic mass is 10.1. The fraction of sp³-hybridized carbons (Fsp3) is 0.0556. The second-order valence-corrected chi connectivity index (χ2v) is 9.47. The normalized spacial score (nSPS) is 11.1. The molecule has 0 spiro atoms. The number of rotatable bonds is 6. The number of carbonyl (C=O) groups excluding carboxylic acids is 1. The summed E-state index contributed by atoms with van der Waals surface area (Å²) in [6.07, 6.45) is 0. The fourth-order valence-corrected chi connectivity index (χ4v) is 5.57. The summed E-state index contributed by atoms with van der Waals surface area (Å²) in [4.78, 5) is 12.3. The molecule has 3 rings (SSSR count). The van der Waals surface area contributed by atoms with Gasteiger partial charge in [-0.1, -0.05) is 41.4 Å². The number of amides is 1. The molecule has 0 aliphatic carbocycles. The maximum atomic E-state index is 12.7. The van der Waals surface area contributed by atoms with Gasteiger partial charge >= 0.3 is 0 Å². The monoisotopic (exact) mass is 456 g/mol. The number of nitrogens with one attached hydrogen (secondary N) is 2. The molecule has 28 heavy (non-hydrogen) atoms. The number of anilines is 2. The number of benzene rings is 2. The van der Waals surface area contributed by atoms with Crippen LogP contribution in [0.1, 0.15) is 10.4 Å². The predicted molar refractivity (Wildman–Crippen MR) is 113 cm³/mol. The van der Waals surface area contributed by atoms with Gasteiger partial charge in [0.15, 0.2) is 0 Å².